The number of benzene rings is 1. The molecule has 0 fully saturated rings. The van der Waals surface area contributed by atoms with Gasteiger partial charge in [-0.05, 0) is 25.1 Å². The third-order valence-electron chi connectivity index (χ3n) is 3.80. The Hall–Kier alpha value is -2.47. The summed E-state index contributed by atoms with van der Waals surface area (Å²) in [5, 5.41) is 4.79. The van der Waals surface area contributed by atoms with Crippen LogP contribution >= 0.6 is 0 Å². The third kappa shape index (κ3) is 2.42. The highest BCUT2D eigenvalue weighted by Crippen LogP contribution is 2.17. The zero-order valence-corrected chi connectivity index (χ0v) is 12.9. The van der Waals surface area contributed by atoms with E-state index >= 15 is 0 Å². The lowest BCUT2D eigenvalue weighted by Crippen LogP contribution is -2.30. The Morgan fingerprint density at radius 3 is 2.82 bits per heavy atom. The van der Waals surface area contributed by atoms with Crippen molar-refractivity contribution in [3.63, 3.8) is 0 Å². The Bertz CT molecular complexity index is 866. The van der Waals surface area contributed by atoms with Gasteiger partial charge < -0.3 is 4.74 Å². The number of methoxy groups -OCH3 is 1. The maximum absolute atomic E-state index is 12.8. The summed E-state index contributed by atoms with van der Waals surface area (Å²) in [5.41, 5.74) is 2.57. The van der Waals surface area contributed by atoms with E-state index in [9.17, 15) is 4.79 Å². The summed E-state index contributed by atoms with van der Waals surface area (Å²) >= 11 is 0. The molecule has 2 heterocycles. The van der Waals surface area contributed by atoms with E-state index in [0.717, 1.165) is 11.3 Å². The Kier molecular flexibility index (Phi) is 3.77. The zero-order valence-electron chi connectivity index (χ0n) is 12.9. The van der Waals surface area contributed by atoms with Crippen LogP contribution in [0.25, 0.3) is 10.9 Å². The summed E-state index contributed by atoms with van der Waals surface area (Å²) in [6.07, 6.45) is 3.29. The normalized spacial score (nSPS) is 12.7. The first-order chi connectivity index (χ1) is 10.6. The molecule has 0 aliphatic carbocycles. The Labute approximate surface area is 128 Å². The molecule has 22 heavy (non-hydrogen) atoms. The molecule has 6 heteroatoms. The molecule has 0 saturated heterocycles. The standard InChI is InChI=1S/C16H18N4O2/c1-11-4-5-13-12(8-11)16(21)20(10-17-13)15(9-22-3)14-6-7-18-19(14)2/h4-8,10,15H,9H2,1-3H3. The topological polar surface area (TPSA) is 61.9 Å². The average molecular weight is 298 g/mol. The molecular formula is C16H18N4O2. The average Bonchev–Trinajstić information content (AvgIpc) is 2.92. The number of nitrogens with zero attached hydrogens (tertiary/aromatic N) is 4. The van der Waals surface area contributed by atoms with Crippen molar-refractivity contribution in [1.82, 2.24) is 19.3 Å². The third-order valence-corrected chi connectivity index (χ3v) is 3.80. The van der Waals surface area contributed by atoms with Crippen molar-refractivity contribution >= 4 is 10.9 Å². The highest BCUT2D eigenvalue weighted by molar-refractivity contribution is 5.78. The fourth-order valence-corrected chi connectivity index (χ4v) is 2.65. The van der Waals surface area contributed by atoms with Gasteiger partial charge >= 0.3 is 0 Å². The van der Waals surface area contributed by atoms with E-state index in [1.807, 2.05) is 38.2 Å². The van der Waals surface area contributed by atoms with Gasteiger partial charge in [0.2, 0.25) is 0 Å². The molecule has 114 valence electrons. The largest absolute Gasteiger partial charge is 0.382 e. The van der Waals surface area contributed by atoms with Gasteiger partial charge in [-0.1, -0.05) is 11.6 Å². The zero-order chi connectivity index (χ0) is 15.7. The van der Waals surface area contributed by atoms with Gasteiger partial charge in [-0.25, -0.2) is 4.98 Å². The second-order valence-electron chi connectivity index (χ2n) is 5.33. The van der Waals surface area contributed by atoms with E-state index in [0.29, 0.717) is 17.5 Å². The fraction of sp³-hybridized carbons (Fsp3) is 0.312. The second-order valence-corrected chi connectivity index (χ2v) is 5.33. The molecule has 0 amide bonds. The van der Waals surface area contributed by atoms with Gasteiger partial charge in [0, 0.05) is 20.4 Å². The highest BCUT2D eigenvalue weighted by atomic mass is 16.5. The molecule has 1 aromatic carbocycles. The molecule has 0 radical (unpaired) electrons. The summed E-state index contributed by atoms with van der Waals surface area (Å²) in [4.78, 5) is 17.2. The van der Waals surface area contributed by atoms with Crippen LogP contribution in [0.15, 0.2) is 41.6 Å². The highest BCUT2D eigenvalue weighted by Gasteiger charge is 2.19. The maximum atomic E-state index is 12.8. The van der Waals surface area contributed by atoms with Crippen LogP contribution in [0.4, 0.5) is 0 Å². The van der Waals surface area contributed by atoms with Crippen molar-refractivity contribution < 1.29 is 4.74 Å². The first kappa shape index (κ1) is 14.5. The molecule has 0 aliphatic heterocycles. The van der Waals surface area contributed by atoms with Crippen LogP contribution < -0.4 is 5.56 Å². The smallest absolute Gasteiger partial charge is 0.261 e. The molecule has 0 N–H and O–H groups in total. The molecule has 2 aromatic heterocycles. The Morgan fingerprint density at radius 2 is 2.14 bits per heavy atom. The summed E-state index contributed by atoms with van der Waals surface area (Å²) in [7, 11) is 3.47. The van der Waals surface area contributed by atoms with Crippen LogP contribution in [0.1, 0.15) is 17.3 Å². The van der Waals surface area contributed by atoms with Crippen LogP contribution in [0.2, 0.25) is 0 Å². The van der Waals surface area contributed by atoms with Gasteiger partial charge in [0.25, 0.3) is 5.56 Å². The van der Waals surface area contributed by atoms with E-state index in [4.69, 9.17) is 4.74 Å². The predicted molar refractivity (Wildman–Crippen MR) is 84.0 cm³/mol. The predicted octanol–water partition coefficient (Wildman–Crippen LogP) is 1.67. The van der Waals surface area contributed by atoms with Crippen molar-refractivity contribution in [2.24, 2.45) is 7.05 Å². The number of rotatable bonds is 4. The summed E-state index contributed by atoms with van der Waals surface area (Å²) in [5.74, 6) is 0. The summed E-state index contributed by atoms with van der Waals surface area (Å²) < 4.78 is 8.66. The van der Waals surface area contributed by atoms with Crippen LogP contribution in [0.5, 0.6) is 0 Å². The van der Waals surface area contributed by atoms with Crippen molar-refractivity contribution in [3.8, 4) is 0 Å². The molecule has 3 rings (SSSR count). The van der Waals surface area contributed by atoms with Gasteiger partial charge in [-0.2, -0.15) is 5.10 Å². The van der Waals surface area contributed by atoms with Crippen molar-refractivity contribution in [1.29, 1.82) is 0 Å². The number of aryl methyl sites for hydroxylation is 2. The van der Waals surface area contributed by atoms with E-state index in [1.54, 1.807) is 28.9 Å². The quantitative estimate of drug-likeness (QED) is 0.735. The van der Waals surface area contributed by atoms with Crippen molar-refractivity contribution in [2.75, 3.05) is 13.7 Å². The van der Waals surface area contributed by atoms with Crippen LogP contribution in [0.3, 0.4) is 0 Å². The van der Waals surface area contributed by atoms with E-state index in [2.05, 4.69) is 10.1 Å². The lowest BCUT2D eigenvalue weighted by atomic mass is 10.1. The molecule has 3 aromatic rings. The molecule has 0 bridgehead atoms. The summed E-state index contributed by atoms with van der Waals surface area (Å²) in [6, 6.07) is 7.31. The van der Waals surface area contributed by atoms with Crippen LogP contribution in [-0.4, -0.2) is 33.0 Å². The fourth-order valence-electron chi connectivity index (χ4n) is 2.65. The van der Waals surface area contributed by atoms with E-state index < -0.39 is 0 Å². The summed E-state index contributed by atoms with van der Waals surface area (Å²) in [6.45, 7) is 2.34. The number of fused-ring (bicyclic) bond motifs is 1. The Morgan fingerprint density at radius 1 is 1.32 bits per heavy atom. The Balaban J connectivity index is 2.20. The minimum absolute atomic E-state index is 0.0723. The lowest BCUT2D eigenvalue weighted by Gasteiger charge is -2.19. The minimum atomic E-state index is -0.262. The van der Waals surface area contributed by atoms with Gasteiger partial charge in [0.05, 0.1) is 29.5 Å². The van der Waals surface area contributed by atoms with Crippen molar-refractivity contribution in [3.05, 3.63) is 58.4 Å². The lowest BCUT2D eigenvalue weighted by molar-refractivity contribution is 0.164. The molecular weight excluding hydrogens is 280 g/mol. The molecule has 0 spiro atoms. The van der Waals surface area contributed by atoms with Crippen LogP contribution in [-0.2, 0) is 11.8 Å². The molecule has 0 saturated carbocycles. The van der Waals surface area contributed by atoms with Gasteiger partial charge in [-0.3, -0.25) is 14.0 Å². The maximum Gasteiger partial charge on any atom is 0.261 e. The monoisotopic (exact) mass is 298 g/mol. The number of hydrogen-bond acceptors (Lipinski definition) is 4. The first-order valence-electron chi connectivity index (χ1n) is 7.06. The SMILES string of the molecule is COCC(c1ccnn1C)n1cnc2ccc(C)cc2c1=O. The number of ether oxygens (including phenoxy) is 1. The van der Waals surface area contributed by atoms with Crippen LogP contribution in [0, 0.1) is 6.92 Å². The number of hydrogen-bond donors (Lipinski definition) is 0. The second kappa shape index (κ2) is 5.73. The number of aromatic nitrogens is 4. The molecule has 1 unspecified atom stereocenters. The molecule has 0 aliphatic rings. The van der Waals surface area contributed by atoms with E-state index in [-0.39, 0.29) is 11.6 Å². The van der Waals surface area contributed by atoms with Gasteiger partial charge in [0.1, 0.15) is 6.04 Å². The van der Waals surface area contributed by atoms with E-state index in [1.165, 1.54) is 0 Å². The first-order valence-corrected chi connectivity index (χ1v) is 7.06. The van der Waals surface area contributed by atoms with Crippen molar-refractivity contribution in [2.45, 2.75) is 13.0 Å². The molecule has 1 atom stereocenters. The molecule has 6 nitrogen and oxygen atoms in total. The van der Waals surface area contributed by atoms with Gasteiger partial charge in [-0.15, -0.1) is 0 Å². The minimum Gasteiger partial charge on any atom is -0.382 e. The van der Waals surface area contributed by atoms with Gasteiger partial charge in [0.15, 0.2) is 0 Å².